The first-order valence-corrected chi connectivity index (χ1v) is 9.05. The summed E-state index contributed by atoms with van der Waals surface area (Å²) in [6.45, 7) is -0.347. The first-order valence-electron chi connectivity index (χ1n) is 8.64. The predicted octanol–water partition coefficient (Wildman–Crippen LogP) is 5.22. The fraction of sp³-hybridized carbons (Fsp3) is 0.250. The molecule has 3 aromatic rings. The van der Waals surface area contributed by atoms with Gasteiger partial charge in [0.2, 0.25) is 0 Å². The van der Waals surface area contributed by atoms with E-state index in [1.54, 1.807) is 17.0 Å². The molecular weight excluding hydrogens is 395 g/mol. The van der Waals surface area contributed by atoms with Gasteiger partial charge in [-0.15, -0.1) is 0 Å². The second kappa shape index (κ2) is 6.84. The maximum absolute atomic E-state index is 13.7. The molecule has 2 nitrogen and oxygen atoms in total. The lowest BCUT2D eigenvalue weighted by Crippen LogP contribution is -2.38. The highest BCUT2D eigenvalue weighted by Gasteiger charge is 2.34. The van der Waals surface area contributed by atoms with Crippen molar-refractivity contribution in [3.8, 4) is 0 Å². The summed E-state index contributed by atoms with van der Waals surface area (Å²) >= 11 is 5.53. The number of halogens is 5. The molecule has 4 rings (SSSR count). The highest BCUT2D eigenvalue weighted by Crippen LogP contribution is 2.34. The van der Waals surface area contributed by atoms with Crippen molar-refractivity contribution in [2.24, 2.45) is 0 Å². The minimum atomic E-state index is -4.44. The summed E-state index contributed by atoms with van der Waals surface area (Å²) in [5, 5.41) is 0.461. The number of hydrogen-bond donors (Lipinski definition) is 0. The summed E-state index contributed by atoms with van der Waals surface area (Å²) in [6.07, 6.45) is -4.00. The van der Waals surface area contributed by atoms with Crippen molar-refractivity contribution in [1.29, 1.82) is 0 Å². The van der Waals surface area contributed by atoms with Gasteiger partial charge in [0, 0.05) is 24.0 Å². The first kappa shape index (κ1) is 18.9. The van der Waals surface area contributed by atoms with Crippen molar-refractivity contribution >= 4 is 28.1 Å². The fourth-order valence-corrected chi connectivity index (χ4v) is 4.09. The van der Waals surface area contributed by atoms with Crippen LogP contribution in [0.5, 0.6) is 0 Å². The van der Waals surface area contributed by atoms with Gasteiger partial charge < -0.3 is 9.47 Å². The Labute approximate surface area is 163 Å². The summed E-state index contributed by atoms with van der Waals surface area (Å²) in [7, 11) is 0. The molecule has 1 aliphatic rings. The molecule has 0 atom stereocenters. The summed E-state index contributed by atoms with van der Waals surface area (Å²) in [4.78, 5) is 2.08. The number of nitrogens with zero attached hydrogens (tertiary/aromatic N) is 2. The van der Waals surface area contributed by atoms with E-state index in [2.05, 4.69) is 0 Å². The van der Waals surface area contributed by atoms with E-state index in [9.17, 15) is 22.0 Å². The van der Waals surface area contributed by atoms with Crippen molar-refractivity contribution in [3.63, 3.8) is 0 Å². The van der Waals surface area contributed by atoms with Crippen LogP contribution in [0.2, 0.25) is 0 Å². The summed E-state index contributed by atoms with van der Waals surface area (Å²) < 4.78 is 67.6. The first-order chi connectivity index (χ1) is 13.2. The van der Waals surface area contributed by atoms with Crippen LogP contribution in [0, 0.1) is 11.6 Å². The molecule has 0 aliphatic carbocycles. The molecular formula is C20H15F5N2S. The third-order valence-electron chi connectivity index (χ3n) is 4.88. The summed E-state index contributed by atoms with van der Waals surface area (Å²) in [5.41, 5.74) is 2.06. The van der Waals surface area contributed by atoms with Gasteiger partial charge in [-0.05, 0) is 47.9 Å². The quantitative estimate of drug-likeness (QED) is 0.432. The van der Waals surface area contributed by atoms with Crippen molar-refractivity contribution in [2.75, 3.05) is 6.54 Å². The molecule has 0 saturated heterocycles. The van der Waals surface area contributed by atoms with E-state index in [0.717, 1.165) is 16.2 Å². The average Bonchev–Trinajstić information content (AvgIpc) is 2.91. The molecule has 2 aromatic carbocycles. The Kier molecular flexibility index (Phi) is 4.61. The van der Waals surface area contributed by atoms with Crippen LogP contribution in [0.3, 0.4) is 0 Å². The third kappa shape index (κ3) is 3.48. The van der Waals surface area contributed by atoms with E-state index in [4.69, 9.17) is 12.2 Å². The van der Waals surface area contributed by atoms with Crippen LogP contribution < -0.4 is 0 Å². The smallest absolute Gasteiger partial charge is 0.356 e. The molecule has 2 heterocycles. The van der Waals surface area contributed by atoms with Gasteiger partial charge in [-0.3, -0.25) is 0 Å². The molecule has 146 valence electrons. The van der Waals surface area contributed by atoms with Crippen LogP contribution in [0.1, 0.15) is 16.8 Å². The monoisotopic (exact) mass is 410 g/mol. The summed E-state index contributed by atoms with van der Waals surface area (Å²) in [6, 6.07) is 9.68. The lowest BCUT2D eigenvalue weighted by Gasteiger charge is -2.31. The van der Waals surface area contributed by atoms with Gasteiger partial charge in [0.25, 0.3) is 0 Å². The number of rotatable bonds is 3. The number of aromatic nitrogens is 1. The van der Waals surface area contributed by atoms with E-state index >= 15 is 0 Å². The number of alkyl halides is 3. The molecule has 0 radical (unpaired) electrons. The van der Waals surface area contributed by atoms with Crippen molar-refractivity contribution in [1.82, 2.24) is 9.47 Å². The zero-order chi connectivity index (χ0) is 20.1. The lowest BCUT2D eigenvalue weighted by atomic mass is 10.0. The zero-order valence-corrected chi connectivity index (χ0v) is 15.4. The Bertz CT molecular complexity index is 1050. The van der Waals surface area contributed by atoms with Crippen LogP contribution in [-0.4, -0.2) is 27.2 Å². The molecule has 28 heavy (non-hydrogen) atoms. The Hall–Kier alpha value is -2.48. The zero-order valence-electron chi connectivity index (χ0n) is 14.6. The molecule has 1 aliphatic heterocycles. The highest BCUT2D eigenvalue weighted by atomic mass is 32.1. The lowest BCUT2D eigenvalue weighted by molar-refractivity contribution is -0.140. The molecule has 0 unspecified atom stereocenters. The molecule has 0 spiro atoms. The minimum absolute atomic E-state index is 0.284. The maximum atomic E-state index is 13.7. The third-order valence-corrected chi connectivity index (χ3v) is 5.33. The molecule has 0 amide bonds. The van der Waals surface area contributed by atoms with Crippen LogP contribution in [0.4, 0.5) is 22.0 Å². The maximum Gasteiger partial charge on any atom is 0.406 e. The number of thiocarbonyl (C=S) groups is 1. The minimum Gasteiger partial charge on any atom is -0.356 e. The molecule has 1 aromatic heterocycles. The van der Waals surface area contributed by atoms with Crippen molar-refractivity contribution in [2.45, 2.75) is 25.7 Å². The van der Waals surface area contributed by atoms with E-state index in [-0.39, 0.29) is 10.8 Å². The van der Waals surface area contributed by atoms with Crippen LogP contribution in [-0.2, 0) is 19.5 Å². The van der Waals surface area contributed by atoms with E-state index in [1.165, 1.54) is 24.3 Å². The number of hydrogen-bond acceptors (Lipinski definition) is 1. The SMILES string of the molecule is Fc1ccc(CN2CCc3c(n(CC(F)(F)F)c4ccc(F)cc34)C2=S)cc1. The highest BCUT2D eigenvalue weighted by molar-refractivity contribution is 7.80. The Morgan fingerprint density at radius 3 is 2.32 bits per heavy atom. The van der Waals surface area contributed by atoms with Crippen LogP contribution in [0.15, 0.2) is 42.5 Å². The van der Waals surface area contributed by atoms with Gasteiger partial charge in [-0.25, -0.2) is 8.78 Å². The molecule has 8 heteroatoms. The average molecular weight is 410 g/mol. The van der Waals surface area contributed by atoms with Crippen molar-refractivity contribution in [3.05, 3.63) is 70.9 Å². The summed E-state index contributed by atoms with van der Waals surface area (Å²) in [5.74, 6) is -0.862. The van der Waals surface area contributed by atoms with Gasteiger partial charge in [-0.1, -0.05) is 24.4 Å². The van der Waals surface area contributed by atoms with Gasteiger partial charge in [0.05, 0.1) is 5.69 Å². The van der Waals surface area contributed by atoms with E-state index < -0.39 is 18.5 Å². The fourth-order valence-electron chi connectivity index (χ4n) is 3.70. The molecule has 0 saturated carbocycles. The van der Waals surface area contributed by atoms with Crippen LogP contribution >= 0.6 is 12.2 Å². The topological polar surface area (TPSA) is 8.17 Å². The van der Waals surface area contributed by atoms with Gasteiger partial charge in [-0.2, -0.15) is 13.2 Å². The van der Waals surface area contributed by atoms with E-state index in [1.807, 2.05) is 0 Å². The Morgan fingerprint density at radius 1 is 0.964 bits per heavy atom. The molecule has 0 N–H and O–H groups in total. The predicted molar refractivity (Wildman–Crippen MR) is 100 cm³/mol. The number of fused-ring (bicyclic) bond motifs is 3. The molecule has 0 bridgehead atoms. The number of benzene rings is 2. The normalized spacial score (nSPS) is 14.6. The van der Waals surface area contributed by atoms with Gasteiger partial charge in [0.15, 0.2) is 0 Å². The van der Waals surface area contributed by atoms with Crippen LogP contribution in [0.25, 0.3) is 10.9 Å². The van der Waals surface area contributed by atoms with Crippen molar-refractivity contribution < 1.29 is 22.0 Å². The Balaban J connectivity index is 1.78. The second-order valence-electron chi connectivity index (χ2n) is 6.79. The molecule has 0 fully saturated rings. The van der Waals surface area contributed by atoms with Gasteiger partial charge >= 0.3 is 6.18 Å². The van der Waals surface area contributed by atoms with Gasteiger partial charge in [0.1, 0.15) is 23.2 Å². The second-order valence-corrected chi connectivity index (χ2v) is 7.18. The standard InChI is InChI=1S/C20H15F5N2S/c21-13-3-1-12(2-4-13)10-26-8-7-15-16-9-14(22)5-6-17(16)27(11-20(23,24)25)18(15)19(26)28/h1-6,9H,7-8,10-11H2. The Morgan fingerprint density at radius 2 is 1.64 bits per heavy atom. The van der Waals surface area contributed by atoms with E-state index in [0.29, 0.717) is 41.7 Å². The largest absolute Gasteiger partial charge is 0.406 e.